The fourth-order valence-corrected chi connectivity index (χ4v) is 4.61. The van der Waals surface area contributed by atoms with E-state index in [1.54, 1.807) is 0 Å². The lowest BCUT2D eigenvalue weighted by Gasteiger charge is -2.23. The summed E-state index contributed by atoms with van der Waals surface area (Å²) in [5, 5.41) is 6.07. The van der Waals surface area contributed by atoms with Crippen molar-refractivity contribution in [1.82, 2.24) is 10.6 Å². The highest BCUT2D eigenvalue weighted by Gasteiger charge is 2.29. The Morgan fingerprint density at radius 3 is 2.65 bits per heavy atom. The van der Waals surface area contributed by atoms with Gasteiger partial charge in [0.05, 0.1) is 24.2 Å². The second kappa shape index (κ2) is 7.38. The van der Waals surface area contributed by atoms with Crippen LogP contribution in [0.25, 0.3) is 0 Å². The number of ether oxygens (including phenoxy) is 1. The minimum Gasteiger partial charge on any atom is -0.376 e. The van der Waals surface area contributed by atoms with Gasteiger partial charge in [-0.1, -0.05) is 0 Å². The minimum atomic E-state index is -2.89. The number of amides is 1. The van der Waals surface area contributed by atoms with Crippen LogP contribution in [0.2, 0.25) is 0 Å². The summed E-state index contributed by atoms with van der Waals surface area (Å²) in [5.41, 5.74) is 0. The highest BCUT2D eigenvalue weighted by atomic mass is 32.2. The Hall–Kier alpha value is -0.660. The lowest BCUT2D eigenvalue weighted by atomic mass is 10.1. The molecular weight excluding hydrogens is 280 g/mol. The number of sulfone groups is 1. The quantitative estimate of drug-likeness (QED) is 0.658. The number of nitrogens with one attached hydrogen (secondary N) is 2. The molecule has 1 atom stereocenters. The number of rotatable bonds is 6. The lowest BCUT2D eigenvalue weighted by Crippen LogP contribution is -2.35. The van der Waals surface area contributed by atoms with Crippen LogP contribution in [0, 0.1) is 5.92 Å². The van der Waals surface area contributed by atoms with Crippen LogP contribution < -0.4 is 10.6 Å². The molecule has 2 heterocycles. The van der Waals surface area contributed by atoms with Crippen molar-refractivity contribution in [2.45, 2.75) is 31.8 Å². The van der Waals surface area contributed by atoms with Crippen molar-refractivity contribution in [3.63, 3.8) is 0 Å². The lowest BCUT2D eigenvalue weighted by molar-refractivity contribution is -0.122. The highest BCUT2D eigenvalue weighted by molar-refractivity contribution is 7.91. The van der Waals surface area contributed by atoms with Gasteiger partial charge in [-0.3, -0.25) is 4.79 Å². The normalized spacial score (nSPS) is 26.5. The third kappa shape index (κ3) is 5.38. The maximum absolute atomic E-state index is 11.7. The third-order valence-electron chi connectivity index (χ3n) is 3.86. The van der Waals surface area contributed by atoms with Crippen molar-refractivity contribution in [3.8, 4) is 0 Å². The number of piperidine rings is 1. The predicted octanol–water partition coefficient (Wildman–Crippen LogP) is -0.304. The van der Waals surface area contributed by atoms with Crippen molar-refractivity contribution in [1.29, 1.82) is 0 Å². The van der Waals surface area contributed by atoms with Gasteiger partial charge in [0, 0.05) is 13.0 Å². The summed E-state index contributed by atoms with van der Waals surface area (Å²) in [7, 11) is -2.89. The molecule has 116 valence electrons. The molecule has 1 amide bonds. The maximum Gasteiger partial charge on any atom is 0.220 e. The third-order valence-corrected chi connectivity index (χ3v) is 5.70. The topological polar surface area (TPSA) is 84.5 Å². The SMILES string of the molecule is O=C(CC1CCS(=O)(=O)C1)NCCOC1CCNCC1. The van der Waals surface area contributed by atoms with Crippen molar-refractivity contribution < 1.29 is 17.9 Å². The molecular formula is C13H24N2O4S. The van der Waals surface area contributed by atoms with Crippen LogP contribution in [0.15, 0.2) is 0 Å². The van der Waals surface area contributed by atoms with E-state index in [-0.39, 0.29) is 23.3 Å². The van der Waals surface area contributed by atoms with Crippen LogP contribution in [0.1, 0.15) is 25.7 Å². The van der Waals surface area contributed by atoms with Crippen molar-refractivity contribution in [2.24, 2.45) is 5.92 Å². The second-order valence-electron chi connectivity index (χ2n) is 5.64. The number of hydrogen-bond donors (Lipinski definition) is 2. The molecule has 2 rings (SSSR count). The predicted molar refractivity (Wildman–Crippen MR) is 76.2 cm³/mol. The monoisotopic (exact) mass is 304 g/mol. The molecule has 0 saturated carbocycles. The molecule has 2 N–H and O–H groups in total. The van der Waals surface area contributed by atoms with E-state index >= 15 is 0 Å². The van der Waals surface area contributed by atoms with E-state index in [1.807, 2.05) is 0 Å². The average Bonchev–Trinajstić information content (AvgIpc) is 2.75. The zero-order valence-electron chi connectivity index (χ0n) is 11.8. The van der Waals surface area contributed by atoms with E-state index in [4.69, 9.17) is 4.74 Å². The van der Waals surface area contributed by atoms with Gasteiger partial charge >= 0.3 is 0 Å². The van der Waals surface area contributed by atoms with Gasteiger partial charge in [-0.2, -0.15) is 0 Å². The molecule has 2 saturated heterocycles. The Labute approximate surface area is 120 Å². The van der Waals surface area contributed by atoms with Gasteiger partial charge in [0.25, 0.3) is 0 Å². The van der Waals surface area contributed by atoms with Crippen molar-refractivity contribution >= 4 is 15.7 Å². The van der Waals surface area contributed by atoms with Gasteiger partial charge in [-0.15, -0.1) is 0 Å². The average molecular weight is 304 g/mol. The molecule has 0 bridgehead atoms. The fourth-order valence-electron chi connectivity index (χ4n) is 2.75. The van der Waals surface area contributed by atoms with Crippen LogP contribution in [0.3, 0.4) is 0 Å². The van der Waals surface area contributed by atoms with Gasteiger partial charge in [0.15, 0.2) is 9.84 Å². The first-order chi connectivity index (χ1) is 9.55. The molecule has 0 spiro atoms. The van der Waals surface area contributed by atoms with Crippen LogP contribution in [-0.2, 0) is 19.4 Å². The molecule has 0 aliphatic carbocycles. The first-order valence-electron chi connectivity index (χ1n) is 7.34. The molecule has 2 aliphatic rings. The molecule has 7 heteroatoms. The maximum atomic E-state index is 11.7. The van der Waals surface area contributed by atoms with Gasteiger partial charge < -0.3 is 15.4 Å². The Morgan fingerprint density at radius 1 is 1.25 bits per heavy atom. The van der Waals surface area contributed by atoms with Gasteiger partial charge in [0.2, 0.25) is 5.91 Å². The Morgan fingerprint density at radius 2 is 2.00 bits per heavy atom. The summed E-state index contributed by atoms with van der Waals surface area (Å²) in [6.45, 7) is 3.02. The van der Waals surface area contributed by atoms with Gasteiger partial charge in [-0.25, -0.2) is 8.42 Å². The number of hydrogen-bond acceptors (Lipinski definition) is 5. The Bertz CT molecular complexity index is 418. The first-order valence-corrected chi connectivity index (χ1v) is 9.17. The van der Waals surface area contributed by atoms with E-state index in [0.29, 0.717) is 32.1 Å². The van der Waals surface area contributed by atoms with Crippen LogP contribution in [-0.4, -0.2) is 58.2 Å². The first kappa shape index (κ1) is 15.7. The number of carbonyl (C=O) groups is 1. The summed E-state index contributed by atoms with van der Waals surface area (Å²) in [6.07, 6.45) is 3.27. The standard InChI is InChI=1S/C13H24N2O4S/c16-13(9-11-3-8-20(17,18)10-11)15-6-7-19-12-1-4-14-5-2-12/h11-12,14H,1-10H2,(H,15,16). The van der Waals surface area contributed by atoms with E-state index in [0.717, 1.165) is 25.9 Å². The molecule has 6 nitrogen and oxygen atoms in total. The Kier molecular flexibility index (Phi) is 5.80. The molecule has 2 aliphatic heterocycles. The van der Waals surface area contributed by atoms with Gasteiger partial charge in [-0.05, 0) is 38.3 Å². The van der Waals surface area contributed by atoms with Crippen LogP contribution in [0.4, 0.5) is 0 Å². The molecule has 0 aromatic rings. The van der Waals surface area contributed by atoms with Crippen molar-refractivity contribution in [2.75, 3.05) is 37.7 Å². The fraction of sp³-hybridized carbons (Fsp3) is 0.923. The summed E-state index contributed by atoms with van der Waals surface area (Å²) in [4.78, 5) is 11.7. The largest absolute Gasteiger partial charge is 0.376 e. The van der Waals surface area contributed by atoms with E-state index < -0.39 is 9.84 Å². The van der Waals surface area contributed by atoms with Gasteiger partial charge in [0.1, 0.15) is 0 Å². The van der Waals surface area contributed by atoms with Crippen molar-refractivity contribution in [3.05, 3.63) is 0 Å². The summed E-state index contributed by atoms with van der Waals surface area (Å²) in [6, 6.07) is 0. The zero-order valence-corrected chi connectivity index (χ0v) is 12.6. The minimum absolute atomic E-state index is 0.00895. The Balaban J connectivity index is 1.54. The van der Waals surface area contributed by atoms with Crippen LogP contribution >= 0.6 is 0 Å². The van der Waals surface area contributed by atoms with E-state index in [1.165, 1.54) is 0 Å². The van der Waals surface area contributed by atoms with Crippen LogP contribution in [0.5, 0.6) is 0 Å². The molecule has 0 radical (unpaired) electrons. The highest BCUT2D eigenvalue weighted by Crippen LogP contribution is 2.21. The van der Waals surface area contributed by atoms with E-state index in [2.05, 4.69) is 10.6 Å². The second-order valence-corrected chi connectivity index (χ2v) is 7.87. The summed E-state index contributed by atoms with van der Waals surface area (Å²) < 4.78 is 28.3. The smallest absolute Gasteiger partial charge is 0.220 e. The molecule has 0 aromatic carbocycles. The molecule has 2 fully saturated rings. The zero-order chi connectivity index (χ0) is 14.4. The van der Waals surface area contributed by atoms with E-state index in [9.17, 15) is 13.2 Å². The number of carbonyl (C=O) groups excluding carboxylic acids is 1. The molecule has 20 heavy (non-hydrogen) atoms. The molecule has 0 aromatic heterocycles. The molecule has 1 unspecified atom stereocenters. The summed E-state index contributed by atoms with van der Waals surface area (Å²) in [5.74, 6) is 0.307. The summed E-state index contributed by atoms with van der Waals surface area (Å²) >= 11 is 0.